The zero-order valence-electron chi connectivity index (χ0n) is 15.6. The van der Waals surface area contributed by atoms with E-state index in [1.54, 1.807) is 30.3 Å². The van der Waals surface area contributed by atoms with Gasteiger partial charge >= 0.3 is 6.18 Å². The number of nitrogens with zero attached hydrogens (tertiary/aromatic N) is 3. The fourth-order valence-corrected chi connectivity index (χ4v) is 3.24. The van der Waals surface area contributed by atoms with E-state index in [1.165, 1.54) is 30.6 Å². The number of hydrogen-bond acceptors (Lipinski definition) is 4. The van der Waals surface area contributed by atoms with Crippen LogP contribution >= 0.6 is 11.6 Å². The molecule has 4 aromatic rings. The second-order valence-corrected chi connectivity index (χ2v) is 7.00. The molecule has 2 aromatic carbocycles. The summed E-state index contributed by atoms with van der Waals surface area (Å²) in [4.78, 5) is 21.3. The largest absolute Gasteiger partial charge is 0.494 e. The second kappa shape index (κ2) is 7.88. The van der Waals surface area contributed by atoms with Crippen molar-refractivity contribution in [2.24, 2.45) is 4.99 Å². The van der Waals surface area contributed by atoms with Crippen molar-refractivity contribution in [2.45, 2.75) is 6.18 Å². The molecule has 0 unspecified atom stereocenters. The highest BCUT2D eigenvalue weighted by Crippen LogP contribution is 2.32. The Morgan fingerprint density at radius 1 is 1.03 bits per heavy atom. The number of aromatic nitrogens is 2. The number of hydrogen-bond donors (Lipinski definition) is 1. The van der Waals surface area contributed by atoms with Gasteiger partial charge in [-0.3, -0.25) is 4.79 Å². The summed E-state index contributed by atoms with van der Waals surface area (Å²) in [7, 11) is 0. The molecule has 2 aromatic heterocycles. The fourth-order valence-electron chi connectivity index (χ4n) is 3.13. The lowest BCUT2D eigenvalue weighted by atomic mass is 10.1. The molecule has 0 fully saturated rings. The van der Waals surface area contributed by atoms with Gasteiger partial charge in [-0.1, -0.05) is 35.9 Å². The maximum atomic E-state index is 13.2. The number of alkyl halides is 3. The Balaban J connectivity index is 1.96. The summed E-state index contributed by atoms with van der Waals surface area (Å²) in [5.74, 6) is -0.245. The van der Waals surface area contributed by atoms with Gasteiger partial charge in [0, 0.05) is 23.2 Å². The van der Waals surface area contributed by atoms with Gasteiger partial charge < -0.3 is 5.11 Å². The first-order valence-corrected chi connectivity index (χ1v) is 9.33. The summed E-state index contributed by atoms with van der Waals surface area (Å²) in [5.41, 5.74) is -1.56. The van der Waals surface area contributed by atoms with Crippen molar-refractivity contribution in [3.8, 4) is 11.6 Å². The minimum absolute atomic E-state index is 0.123. The molecular weight excluding hydrogens is 431 g/mol. The number of rotatable bonds is 3. The molecule has 0 radical (unpaired) electrons. The third-order valence-corrected chi connectivity index (χ3v) is 4.80. The van der Waals surface area contributed by atoms with Gasteiger partial charge in [0.1, 0.15) is 0 Å². The Bertz CT molecular complexity index is 1360. The first kappa shape index (κ1) is 20.6. The lowest BCUT2D eigenvalue weighted by Crippen LogP contribution is -2.20. The molecule has 0 bridgehead atoms. The van der Waals surface area contributed by atoms with Crippen LogP contribution in [0.1, 0.15) is 11.1 Å². The van der Waals surface area contributed by atoms with Gasteiger partial charge in [-0.2, -0.15) is 13.2 Å². The minimum atomic E-state index is -4.60. The molecule has 0 saturated carbocycles. The number of halogens is 4. The van der Waals surface area contributed by atoms with Crippen LogP contribution in [-0.4, -0.2) is 20.9 Å². The smallest absolute Gasteiger partial charge is 0.416 e. The number of aliphatic imine (C=N–C) groups is 1. The molecular formula is C22H13ClF3N3O2. The minimum Gasteiger partial charge on any atom is -0.494 e. The highest BCUT2D eigenvalue weighted by atomic mass is 35.5. The maximum Gasteiger partial charge on any atom is 0.416 e. The predicted molar refractivity (Wildman–Crippen MR) is 113 cm³/mol. The summed E-state index contributed by atoms with van der Waals surface area (Å²) >= 11 is 5.81. The normalized spacial score (nSPS) is 12.0. The number of fused-ring (bicyclic) bond motifs is 1. The molecule has 0 spiro atoms. The van der Waals surface area contributed by atoms with Crippen LogP contribution in [0.3, 0.4) is 0 Å². The van der Waals surface area contributed by atoms with Crippen LogP contribution < -0.4 is 5.56 Å². The molecule has 2 heterocycles. The van der Waals surface area contributed by atoms with Crippen LogP contribution in [0.2, 0.25) is 5.02 Å². The Hall–Kier alpha value is -3.65. The average Bonchev–Trinajstić information content (AvgIpc) is 2.75. The molecule has 0 aliphatic carbocycles. The van der Waals surface area contributed by atoms with Crippen molar-refractivity contribution in [2.75, 3.05) is 0 Å². The van der Waals surface area contributed by atoms with Crippen LogP contribution in [0.4, 0.5) is 19.0 Å². The summed E-state index contributed by atoms with van der Waals surface area (Å²) in [6.07, 6.45) is -1.90. The Morgan fingerprint density at radius 2 is 1.77 bits per heavy atom. The SMILES string of the molecule is O=c1c2ccccc2c(C=Nc2ccc(Cl)cn2)c(O)n1-c1cccc(C(F)(F)F)c1. The Kier molecular flexibility index (Phi) is 5.24. The zero-order chi connectivity index (χ0) is 22.2. The third kappa shape index (κ3) is 4.02. The number of aromatic hydroxyl groups is 1. The van der Waals surface area contributed by atoms with Crippen LogP contribution in [-0.2, 0) is 6.18 Å². The molecule has 9 heteroatoms. The van der Waals surface area contributed by atoms with E-state index in [0.717, 1.165) is 16.7 Å². The standard InChI is InChI=1S/C22H13ClF3N3O2/c23-14-8-9-19(27-11-14)28-12-18-16-6-1-2-7-17(16)20(30)29(21(18)31)15-5-3-4-13(10-15)22(24,25)26/h1-12,31H. The lowest BCUT2D eigenvalue weighted by Gasteiger charge is -2.15. The molecule has 31 heavy (non-hydrogen) atoms. The van der Waals surface area contributed by atoms with Crippen LogP contribution in [0, 0.1) is 0 Å². The van der Waals surface area contributed by atoms with Gasteiger partial charge in [-0.25, -0.2) is 14.5 Å². The molecule has 0 atom stereocenters. The van der Waals surface area contributed by atoms with E-state index < -0.39 is 23.2 Å². The highest BCUT2D eigenvalue weighted by Gasteiger charge is 2.31. The third-order valence-electron chi connectivity index (χ3n) is 4.57. The molecule has 0 saturated heterocycles. The zero-order valence-corrected chi connectivity index (χ0v) is 16.4. The molecule has 4 rings (SSSR count). The number of benzene rings is 2. The van der Waals surface area contributed by atoms with Gasteiger partial charge in [0.25, 0.3) is 5.56 Å². The molecule has 0 amide bonds. The summed E-state index contributed by atoms with van der Waals surface area (Å²) in [5, 5.41) is 11.9. The Morgan fingerprint density at radius 3 is 2.45 bits per heavy atom. The first-order valence-electron chi connectivity index (χ1n) is 8.95. The molecule has 0 aliphatic rings. The summed E-state index contributed by atoms with van der Waals surface area (Å²) in [6, 6.07) is 13.8. The monoisotopic (exact) mass is 443 g/mol. The van der Waals surface area contributed by atoms with Gasteiger partial charge in [0.05, 0.1) is 21.8 Å². The van der Waals surface area contributed by atoms with E-state index in [9.17, 15) is 23.1 Å². The lowest BCUT2D eigenvalue weighted by molar-refractivity contribution is -0.137. The van der Waals surface area contributed by atoms with Crippen molar-refractivity contribution < 1.29 is 18.3 Å². The van der Waals surface area contributed by atoms with Crippen molar-refractivity contribution in [3.05, 3.63) is 93.4 Å². The van der Waals surface area contributed by atoms with Crippen molar-refractivity contribution >= 4 is 34.4 Å². The molecule has 0 aliphatic heterocycles. The first-order chi connectivity index (χ1) is 14.8. The molecule has 156 valence electrons. The van der Waals surface area contributed by atoms with Crippen LogP contribution in [0.15, 0.2) is 76.6 Å². The van der Waals surface area contributed by atoms with Crippen LogP contribution in [0.5, 0.6) is 5.88 Å². The van der Waals surface area contributed by atoms with Gasteiger partial charge in [0.2, 0.25) is 5.88 Å². The average molecular weight is 444 g/mol. The summed E-state index contributed by atoms with van der Waals surface area (Å²) in [6.45, 7) is 0. The van der Waals surface area contributed by atoms with E-state index in [-0.39, 0.29) is 16.6 Å². The van der Waals surface area contributed by atoms with E-state index in [2.05, 4.69) is 9.98 Å². The molecule has 1 N–H and O–H groups in total. The van der Waals surface area contributed by atoms with E-state index in [0.29, 0.717) is 16.2 Å². The maximum absolute atomic E-state index is 13.2. The van der Waals surface area contributed by atoms with Gasteiger partial charge in [-0.15, -0.1) is 0 Å². The quantitative estimate of drug-likeness (QED) is 0.424. The van der Waals surface area contributed by atoms with Gasteiger partial charge in [0.15, 0.2) is 5.82 Å². The highest BCUT2D eigenvalue weighted by molar-refractivity contribution is 6.30. The predicted octanol–water partition coefficient (Wildman–Crippen LogP) is 5.51. The van der Waals surface area contributed by atoms with Crippen molar-refractivity contribution in [1.82, 2.24) is 9.55 Å². The second-order valence-electron chi connectivity index (χ2n) is 6.56. The van der Waals surface area contributed by atoms with Crippen LogP contribution in [0.25, 0.3) is 16.5 Å². The van der Waals surface area contributed by atoms with E-state index in [1.807, 2.05) is 0 Å². The number of pyridine rings is 2. The fraction of sp³-hybridized carbons (Fsp3) is 0.0455. The topological polar surface area (TPSA) is 67.5 Å². The Labute approximate surface area is 178 Å². The van der Waals surface area contributed by atoms with Crippen molar-refractivity contribution in [3.63, 3.8) is 0 Å². The van der Waals surface area contributed by atoms with Gasteiger partial charge in [-0.05, 0) is 36.4 Å². The molecule has 5 nitrogen and oxygen atoms in total. The van der Waals surface area contributed by atoms with E-state index in [4.69, 9.17) is 11.6 Å². The summed E-state index contributed by atoms with van der Waals surface area (Å²) < 4.78 is 40.3. The van der Waals surface area contributed by atoms with Crippen molar-refractivity contribution in [1.29, 1.82) is 0 Å². The van der Waals surface area contributed by atoms with E-state index >= 15 is 0 Å².